The van der Waals surface area contributed by atoms with Crippen LogP contribution in [0.1, 0.15) is 12.5 Å². The molecule has 5 nitrogen and oxygen atoms in total. The molecule has 0 bridgehead atoms. The maximum absolute atomic E-state index is 11.4. The SMILES string of the molecule is C[C@H](NCC(=O)NCCc1ccccc1)C(=O)O. The smallest absolute Gasteiger partial charge is 0.320 e. The van der Waals surface area contributed by atoms with Gasteiger partial charge in [0.2, 0.25) is 5.91 Å². The van der Waals surface area contributed by atoms with Crippen LogP contribution in [0.5, 0.6) is 0 Å². The number of amides is 1. The van der Waals surface area contributed by atoms with Crippen LogP contribution >= 0.6 is 0 Å². The second-order valence-corrected chi connectivity index (χ2v) is 4.03. The van der Waals surface area contributed by atoms with E-state index in [1.807, 2.05) is 30.3 Å². The largest absolute Gasteiger partial charge is 0.480 e. The van der Waals surface area contributed by atoms with Gasteiger partial charge in [0, 0.05) is 6.54 Å². The van der Waals surface area contributed by atoms with Crippen molar-refractivity contribution in [1.29, 1.82) is 0 Å². The minimum atomic E-state index is -0.966. The highest BCUT2D eigenvalue weighted by molar-refractivity contribution is 5.79. The van der Waals surface area contributed by atoms with Crippen LogP contribution in [0, 0.1) is 0 Å². The van der Waals surface area contributed by atoms with Crippen LogP contribution < -0.4 is 10.6 Å². The lowest BCUT2D eigenvalue weighted by molar-refractivity contribution is -0.139. The molecular weight excluding hydrogens is 232 g/mol. The molecule has 5 heteroatoms. The van der Waals surface area contributed by atoms with Gasteiger partial charge in [-0.25, -0.2) is 0 Å². The molecule has 0 saturated carbocycles. The zero-order valence-corrected chi connectivity index (χ0v) is 10.3. The van der Waals surface area contributed by atoms with Gasteiger partial charge in [0.1, 0.15) is 6.04 Å². The van der Waals surface area contributed by atoms with Gasteiger partial charge in [-0.05, 0) is 18.9 Å². The molecule has 1 aromatic carbocycles. The topological polar surface area (TPSA) is 78.4 Å². The first kappa shape index (κ1) is 14.2. The number of hydrogen-bond donors (Lipinski definition) is 3. The summed E-state index contributed by atoms with van der Waals surface area (Å²) in [7, 11) is 0. The number of benzene rings is 1. The summed E-state index contributed by atoms with van der Waals surface area (Å²) < 4.78 is 0. The Hall–Kier alpha value is -1.88. The molecule has 0 radical (unpaired) electrons. The Morgan fingerprint density at radius 1 is 1.28 bits per heavy atom. The van der Waals surface area contributed by atoms with Gasteiger partial charge < -0.3 is 10.4 Å². The molecule has 1 atom stereocenters. The van der Waals surface area contributed by atoms with Crippen molar-refractivity contribution in [3.05, 3.63) is 35.9 Å². The van der Waals surface area contributed by atoms with E-state index in [9.17, 15) is 9.59 Å². The van der Waals surface area contributed by atoms with Crippen molar-refractivity contribution in [2.75, 3.05) is 13.1 Å². The van der Waals surface area contributed by atoms with Crippen molar-refractivity contribution in [2.24, 2.45) is 0 Å². The number of carboxylic acid groups (broad SMARTS) is 1. The molecule has 0 aliphatic heterocycles. The summed E-state index contributed by atoms with van der Waals surface area (Å²) in [6.45, 7) is 2.06. The fraction of sp³-hybridized carbons (Fsp3) is 0.385. The molecule has 1 rings (SSSR count). The molecule has 98 valence electrons. The van der Waals surface area contributed by atoms with Crippen LogP contribution in [-0.2, 0) is 16.0 Å². The normalized spacial score (nSPS) is 11.8. The van der Waals surface area contributed by atoms with Crippen molar-refractivity contribution < 1.29 is 14.7 Å². The van der Waals surface area contributed by atoms with Crippen LogP contribution in [0.4, 0.5) is 0 Å². The van der Waals surface area contributed by atoms with Gasteiger partial charge in [-0.1, -0.05) is 30.3 Å². The van der Waals surface area contributed by atoms with Crippen LogP contribution in [0.15, 0.2) is 30.3 Å². The molecule has 1 aromatic rings. The molecule has 0 unspecified atom stereocenters. The van der Waals surface area contributed by atoms with Crippen molar-refractivity contribution in [3.8, 4) is 0 Å². The number of aliphatic carboxylic acids is 1. The maximum atomic E-state index is 11.4. The van der Waals surface area contributed by atoms with E-state index in [4.69, 9.17) is 5.11 Å². The first-order valence-electron chi connectivity index (χ1n) is 5.86. The highest BCUT2D eigenvalue weighted by Crippen LogP contribution is 1.97. The molecule has 0 heterocycles. The molecule has 0 aromatic heterocycles. The van der Waals surface area contributed by atoms with Crippen LogP contribution in [0.3, 0.4) is 0 Å². The third kappa shape index (κ3) is 5.45. The molecule has 0 saturated heterocycles. The summed E-state index contributed by atoms with van der Waals surface area (Å²) in [4.78, 5) is 21.9. The van der Waals surface area contributed by atoms with E-state index in [1.165, 1.54) is 6.92 Å². The third-order valence-electron chi connectivity index (χ3n) is 2.52. The quantitative estimate of drug-likeness (QED) is 0.655. The summed E-state index contributed by atoms with van der Waals surface area (Å²) in [5.74, 6) is -1.16. The summed E-state index contributed by atoms with van der Waals surface area (Å²) >= 11 is 0. The molecule has 0 spiro atoms. The number of nitrogens with one attached hydrogen (secondary N) is 2. The van der Waals surface area contributed by atoms with Crippen LogP contribution in [0.2, 0.25) is 0 Å². The zero-order chi connectivity index (χ0) is 13.4. The maximum Gasteiger partial charge on any atom is 0.320 e. The van der Waals surface area contributed by atoms with Crippen LogP contribution in [-0.4, -0.2) is 36.1 Å². The van der Waals surface area contributed by atoms with Gasteiger partial charge in [-0.15, -0.1) is 0 Å². The van der Waals surface area contributed by atoms with Gasteiger partial charge in [-0.3, -0.25) is 14.9 Å². The monoisotopic (exact) mass is 250 g/mol. The highest BCUT2D eigenvalue weighted by Gasteiger charge is 2.11. The zero-order valence-electron chi connectivity index (χ0n) is 10.3. The fourth-order valence-electron chi connectivity index (χ4n) is 1.39. The van der Waals surface area contributed by atoms with Gasteiger partial charge >= 0.3 is 5.97 Å². The Morgan fingerprint density at radius 3 is 2.56 bits per heavy atom. The molecule has 1 amide bonds. The minimum absolute atomic E-state index is 0.0161. The Labute approximate surface area is 106 Å². The summed E-state index contributed by atoms with van der Waals surface area (Å²) in [5, 5.41) is 14.0. The predicted molar refractivity (Wildman–Crippen MR) is 68.3 cm³/mol. The number of carbonyl (C=O) groups is 2. The Morgan fingerprint density at radius 2 is 1.94 bits per heavy atom. The van der Waals surface area contributed by atoms with E-state index in [-0.39, 0.29) is 12.5 Å². The van der Waals surface area contributed by atoms with E-state index < -0.39 is 12.0 Å². The van der Waals surface area contributed by atoms with Crippen molar-refractivity contribution in [2.45, 2.75) is 19.4 Å². The van der Waals surface area contributed by atoms with Gasteiger partial charge in [0.05, 0.1) is 6.54 Å². The molecule has 0 aliphatic rings. The second kappa shape index (κ2) is 7.45. The summed E-state index contributed by atoms with van der Waals surface area (Å²) in [6.07, 6.45) is 0.765. The predicted octanol–water partition coefficient (Wildman–Crippen LogP) is 0.408. The fourth-order valence-corrected chi connectivity index (χ4v) is 1.39. The lowest BCUT2D eigenvalue weighted by Crippen LogP contribution is -2.41. The second-order valence-electron chi connectivity index (χ2n) is 4.03. The van der Waals surface area contributed by atoms with Crippen molar-refractivity contribution in [3.63, 3.8) is 0 Å². The molecular formula is C13H18N2O3. The van der Waals surface area contributed by atoms with E-state index in [0.29, 0.717) is 6.54 Å². The number of rotatable bonds is 7. The van der Waals surface area contributed by atoms with E-state index in [0.717, 1.165) is 12.0 Å². The van der Waals surface area contributed by atoms with Gasteiger partial charge in [0.25, 0.3) is 0 Å². The van der Waals surface area contributed by atoms with Gasteiger partial charge in [-0.2, -0.15) is 0 Å². The Kier molecular flexibility index (Phi) is 5.87. The molecule has 0 aliphatic carbocycles. The van der Waals surface area contributed by atoms with E-state index >= 15 is 0 Å². The standard InChI is InChI=1S/C13H18N2O3/c1-10(13(17)18)15-9-12(16)14-8-7-11-5-3-2-4-6-11/h2-6,10,15H,7-9H2,1H3,(H,14,16)(H,17,18)/t10-/m0/s1. The molecule has 18 heavy (non-hydrogen) atoms. The Balaban J connectivity index is 2.16. The lowest BCUT2D eigenvalue weighted by Gasteiger charge is -2.09. The first-order chi connectivity index (χ1) is 8.59. The number of carboxylic acids is 1. The average Bonchev–Trinajstić information content (AvgIpc) is 2.37. The van der Waals surface area contributed by atoms with E-state index in [1.54, 1.807) is 0 Å². The van der Waals surface area contributed by atoms with Crippen molar-refractivity contribution in [1.82, 2.24) is 10.6 Å². The summed E-state index contributed by atoms with van der Waals surface area (Å²) in [5.41, 5.74) is 1.16. The average molecular weight is 250 g/mol. The molecule has 3 N–H and O–H groups in total. The lowest BCUT2D eigenvalue weighted by atomic mass is 10.1. The van der Waals surface area contributed by atoms with E-state index in [2.05, 4.69) is 10.6 Å². The first-order valence-corrected chi connectivity index (χ1v) is 5.86. The van der Waals surface area contributed by atoms with Gasteiger partial charge in [0.15, 0.2) is 0 Å². The summed E-state index contributed by atoms with van der Waals surface area (Å²) in [6, 6.07) is 9.12. The van der Waals surface area contributed by atoms with Crippen molar-refractivity contribution >= 4 is 11.9 Å². The highest BCUT2D eigenvalue weighted by atomic mass is 16.4. The van der Waals surface area contributed by atoms with Crippen LogP contribution in [0.25, 0.3) is 0 Å². The molecule has 0 fully saturated rings. The third-order valence-corrected chi connectivity index (χ3v) is 2.52. The number of carbonyl (C=O) groups excluding carboxylic acids is 1. The Bertz CT molecular complexity index is 392. The minimum Gasteiger partial charge on any atom is -0.480 e. The number of hydrogen-bond acceptors (Lipinski definition) is 3.